The summed E-state index contributed by atoms with van der Waals surface area (Å²) >= 11 is 0. The minimum atomic E-state index is -0.554. The number of aromatic nitrogens is 1. The van der Waals surface area contributed by atoms with Crippen LogP contribution in [-0.2, 0) is 6.54 Å². The fourth-order valence-corrected chi connectivity index (χ4v) is 1.79. The van der Waals surface area contributed by atoms with E-state index in [4.69, 9.17) is 5.26 Å². The van der Waals surface area contributed by atoms with Gasteiger partial charge in [0.1, 0.15) is 11.6 Å². The molecule has 0 aliphatic heterocycles. The monoisotopic (exact) mass is 268 g/mol. The maximum atomic E-state index is 10.9. The van der Waals surface area contributed by atoms with Gasteiger partial charge in [-0.15, -0.1) is 0 Å². The predicted molar refractivity (Wildman–Crippen MR) is 74.1 cm³/mol. The van der Waals surface area contributed by atoms with Gasteiger partial charge in [-0.1, -0.05) is 0 Å². The lowest BCUT2D eigenvalue weighted by molar-refractivity contribution is -0.385. The number of pyridine rings is 1. The minimum Gasteiger partial charge on any atom is -0.381 e. The van der Waals surface area contributed by atoms with Gasteiger partial charge >= 0.3 is 0 Å². The molecule has 0 spiro atoms. The number of benzene rings is 1. The number of nitrogens with zero attached hydrogens (tertiary/aromatic N) is 3. The van der Waals surface area contributed by atoms with Gasteiger partial charge in [-0.25, -0.2) is 0 Å². The molecule has 1 N–H and O–H groups in total. The number of hydrogen-bond acceptors (Lipinski definition) is 5. The fraction of sp³-hybridized carbons (Fsp3) is 0.143. The van der Waals surface area contributed by atoms with Crippen LogP contribution in [0.4, 0.5) is 11.4 Å². The summed E-state index contributed by atoms with van der Waals surface area (Å²) in [6.45, 7) is 2.49. The summed E-state index contributed by atoms with van der Waals surface area (Å²) < 4.78 is 0. The van der Waals surface area contributed by atoms with E-state index in [9.17, 15) is 10.1 Å². The van der Waals surface area contributed by atoms with Crippen molar-refractivity contribution in [3.8, 4) is 6.07 Å². The Bertz CT molecular complexity index is 692. The highest BCUT2D eigenvalue weighted by Gasteiger charge is 2.14. The number of nitrogens with one attached hydrogen (secondary N) is 1. The number of anilines is 1. The fourth-order valence-electron chi connectivity index (χ4n) is 1.79. The second kappa shape index (κ2) is 5.80. The molecule has 0 saturated carbocycles. The Labute approximate surface area is 115 Å². The smallest absolute Gasteiger partial charge is 0.289 e. The number of nitro groups is 1. The zero-order valence-corrected chi connectivity index (χ0v) is 10.8. The Morgan fingerprint density at radius 3 is 2.90 bits per heavy atom. The molecule has 0 bridgehead atoms. The molecule has 0 unspecified atom stereocenters. The van der Waals surface area contributed by atoms with Crippen molar-refractivity contribution >= 4 is 11.4 Å². The van der Waals surface area contributed by atoms with Crippen molar-refractivity contribution in [1.29, 1.82) is 5.26 Å². The first kappa shape index (κ1) is 13.5. The topological polar surface area (TPSA) is 91.8 Å². The SMILES string of the molecule is Cc1cnccc1CNc1ccc(C#N)c([N+](=O)[O-])c1. The second-order valence-electron chi connectivity index (χ2n) is 4.26. The van der Waals surface area contributed by atoms with Crippen molar-refractivity contribution in [3.05, 3.63) is 63.5 Å². The Morgan fingerprint density at radius 1 is 1.45 bits per heavy atom. The van der Waals surface area contributed by atoms with Crippen molar-refractivity contribution in [1.82, 2.24) is 4.98 Å². The van der Waals surface area contributed by atoms with Gasteiger partial charge < -0.3 is 5.32 Å². The molecular formula is C14H12N4O2. The molecule has 2 aromatic rings. The van der Waals surface area contributed by atoms with Crippen LogP contribution >= 0.6 is 0 Å². The van der Waals surface area contributed by atoms with Gasteiger partial charge in [0.15, 0.2) is 0 Å². The van der Waals surface area contributed by atoms with Crippen LogP contribution in [0, 0.1) is 28.4 Å². The standard InChI is InChI=1S/C14H12N4O2/c1-10-8-16-5-4-12(10)9-17-13-3-2-11(7-15)14(6-13)18(19)20/h2-6,8,17H,9H2,1H3. The van der Waals surface area contributed by atoms with E-state index in [2.05, 4.69) is 10.3 Å². The highest BCUT2D eigenvalue weighted by molar-refractivity contribution is 5.59. The average Bonchev–Trinajstić information content (AvgIpc) is 2.46. The van der Waals surface area contributed by atoms with Gasteiger partial charge in [0.2, 0.25) is 0 Å². The number of nitro benzene ring substituents is 1. The molecular weight excluding hydrogens is 256 g/mol. The van der Waals surface area contributed by atoms with Crippen molar-refractivity contribution in [3.63, 3.8) is 0 Å². The summed E-state index contributed by atoms with van der Waals surface area (Å²) in [7, 11) is 0. The Hall–Kier alpha value is -2.94. The molecule has 6 heteroatoms. The molecule has 0 radical (unpaired) electrons. The molecule has 0 saturated heterocycles. The van der Waals surface area contributed by atoms with E-state index in [1.165, 1.54) is 12.1 Å². The van der Waals surface area contributed by atoms with Crippen molar-refractivity contribution < 1.29 is 4.92 Å². The van der Waals surface area contributed by atoms with Crippen LogP contribution in [-0.4, -0.2) is 9.91 Å². The molecule has 2 rings (SSSR count). The van der Waals surface area contributed by atoms with E-state index in [-0.39, 0.29) is 11.3 Å². The molecule has 1 heterocycles. The van der Waals surface area contributed by atoms with Crippen LogP contribution in [0.5, 0.6) is 0 Å². The minimum absolute atomic E-state index is 0.0561. The zero-order chi connectivity index (χ0) is 14.5. The maximum absolute atomic E-state index is 10.9. The van der Waals surface area contributed by atoms with Crippen LogP contribution in [0.2, 0.25) is 0 Å². The molecule has 0 fully saturated rings. The normalized spacial score (nSPS) is 9.80. The Morgan fingerprint density at radius 2 is 2.25 bits per heavy atom. The van der Waals surface area contributed by atoms with Crippen LogP contribution < -0.4 is 5.32 Å². The van der Waals surface area contributed by atoms with Crippen LogP contribution in [0.15, 0.2) is 36.7 Å². The van der Waals surface area contributed by atoms with Crippen molar-refractivity contribution in [2.24, 2.45) is 0 Å². The van der Waals surface area contributed by atoms with Gasteiger partial charge in [-0.3, -0.25) is 15.1 Å². The van der Waals surface area contributed by atoms with Gasteiger partial charge in [0, 0.05) is 30.7 Å². The van der Waals surface area contributed by atoms with E-state index in [1.54, 1.807) is 18.5 Å². The first-order chi connectivity index (χ1) is 9.61. The molecule has 100 valence electrons. The second-order valence-corrected chi connectivity index (χ2v) is 4.26. The van der Waals surface area contributed by atoms with Crippen molar-refractivity contribution in [2.45, 2.75) is 13.5 Å². The number of aryl methyl sites for hydroxylation is 1. The summed E-state index contributed by atoms with van der Waals surface area (Å²) in [5, 5.41) is 22.8. The van der Waals surface area contributed by atoms with E-state index in [1.807, 2.05) is 19.1 Å². The highest BCUT2D eigenvalue weighted by atomic mass is 16.6. The van der Waals surface area contributed by atoms with E-state index >= 15 is 0 Å². The molecule has 0 aliphatic rings. The number of rotatable bonds is 4. The molecule has 20 heavy (non-hydrogen) atoms. The third kappa shape index (κ3) is 2.90. The Balaban J connectivity index is 2.19. The van der Waals surface area contributed by atoms with Crippen LogP contribution in [0.25, 0.3) is 0 Å². The van der Waals surface area contributed by atoms with Gasteiger partial charge in [0.25, 0.3) is 5.69 Å². The molecule has 0 atom stereocenters. The van der Waals surface area contributed by atoms with E-state index in [0.29, 0.717) is 12.2 Å². The first-order valence-electron chi connectivity index (χ1n) is 5.93. The molecule has 6 nitrogen and oxygen atoms in total. The van der Waals surface area contributed by atoms with E-state index in [0.717, 1.165) is 11.1 Å². The molecule has 1 aromatic carbocycles. The summed E-state index contributed by atoms with van der Waals surface area (Å²) in [6, 6.07) is 8.17. The first-order valence-corrected chi connectivity index (χ1v) is 5.93. The van der Waals surface area contributed by atoms with Gasteiger partial charge in [0.05, 0.1) is 4.92 Å². The zero-order valence-electron chi connectivity index (χ0n) is 10.8. The maximum Gasteiger partial charge on any atom is 0.289 e. The highest BCUT2D eigenvalue weighted by Crippen LogP contribution is 2.23. The summed E-state index contributed by atoms with van der Waals surface area (Å²) in [6.07, 6.45) is 3.46. The lowest BCUT2D eigenvalue weighted by Crippen LogP contribution is -2.02. The molecule has 0 amide bonds. The van der Waals surface area contributed by atoms with Gasteiger partial charge in [-0.05, 0) is 36.2 Å². The number of hydrogen-bond donors (Lipinski definition) is 1. The van der Waals surface area contributed by atoms with Crippen LogP contribution in [0.1, 0.15) is 16.7 Å². The quantitative estimate of drug-likeness (QED) is 0.680. The van der Waals surface area contributed by atoms with Crippen LogP contribution in [0.3, 0.4) is 0 Å². The lowest BCUT2D eigenvalue weighted by atomic mass is 10.1. The summed E-state index contributed by atoms with van der Waals surface area (Å²) in [5.41, 5.74) is 2.58. The largest absolute Gasteiger partial charge is 0.381 e. The summed E-state index contributed by atoms with van der Waals surface area (Å²) in [4.78, 5) is 14.3. The molecule has 1 aromatic heterocycles. The number of nitriles is 1. The molecule has 0 aliphatic carbocycles. The third-order valence-electron chi connectivity index (χ3n) is 2.93. The summed E-state index contributed by atoms with van der Waals surface area (Å²) in [5.74, 6) is 0. The Kier molecular flexibility index (Phi) is 3.91. The predicted octanol–water partition coefficient (Wildman–Crippen LogP) is 2.78. The average molecular weight is 268 g/mol. The van der Waals surface area contributed by atoms with Crippen molar-refractivity contribution in [2.75, 3.05) is 5.32 Å². The third-order valence-corrected chi connectivity index (χ3v) is 2.93. The van der Waals surface area contributed by atoms with E-state index < -0.39 is 4.92 Å². The lowest BCUT2D eigenvalue weighted by Gasteiger charge is -2.08. The van der Waals surface area contributed by atoms with Gasteiger partial charge in [-0.2, -0.15) is 5.26 Å².